The van der Waals surface area contributed by atoms with Crippen LogP contribution in [0.3, 0.4) is 0 Å². The Balaban J connectivity index is 2.17. The molecule has 0 spiro atoms. The second kappa shape index (κ2) is 6.93. The molecule has 0 fully saturated rings. The van der Waals surface area contributed by atoms with Gasteiger partial charge in [0.25, 0.3) is 0 Å². The van der Waals surface area contributed by atoms with Gasteiger partial charge in [-0.1, -0.05) is 30.3 Å². The topological polar surface area (TPSA) is 68.6 Å². The van der Waals surface area contributed by atoms with Gasteiger partial charge < -0.3 is 9.30 Å². The number of esters is 1. The van der Waals surface area contributed by atoms with E-state index in [9.17, 15) is 13.2 Å². The lowest BCUT2D eigenvalue weighted by Crippen LogP contribution is -2.22. The van der Waals surface area contributed by atoms with Gasteiger partial charge in [-0.3, -0.25) is 0 Å². The molecule has 0 unspecified atom stereocenters. The summed E-state index contributed by atoms with van der Waals surface area (Å²) >= 11 is 0. The SMILES string of the molecule is COC(=O)c1cc2cc(S(=O)(=O)N(C)C)ccc2n1Cc1ccccc1. The standard InChI is InChI=1S/C19H20N2O4S/c1-20(2)26(23,24)16-9-10-17-15(11-16)12-18(19(22)25-3)21(17)13-14-7-5-4-6-8-14/h4-12H,13H2,1-3H3. The molecule has 6 nitrogen and oxygen atoms in total. The molecule has 3 rings (SSSR count). The predicted octanol–water partition coefficient (Wildman–Crippen LogP) is 2.73. The van der Waals surface area contributed by atoms with Crippen molar-refractivity contribution in [1.82, 2.24) is 8.87 Å². The number of methoxy groups -OCH3 is 1. The summed E-state index contributed by atoms with van der Waals surface area (Å²) in [5, 5.41) is 0.671. The number of carbonyl (C=O) groups excluding carboxylic acids is 1. The molecule has 0 aliphatic rings. The largest absolute Gasteiger partial charge is 0.464 e. The van der Waals surface area contributed by atoms with Crippen LogP contribution in [0.2, 0.25) is 0 Å². The number of rotatable bonds is 5. The van der Waals surface area contributed by atoms with Gasteiger partial charge in [-0.2, -0.15) is 0 Å². The van der Waals surface area contributed by atoms with Gasteiger partial charge in [-0.15, -0.1) is 0 Å². The summed E-state index contributed by atoms with van der Waals surface area (Å²) in [6, 6.07) is 16.3. The zero-order valence-corrected chi connectivity index (χ0v) is 15.7. The van der Waals surface area contributed by atoms with Crippen LogP contribution in [0, 0.1) is 0 Å². The lowest BCUT2D eigenvalue weighted by atomic mass is 10.2. The van der Waals surface area contributed by atoms with Crippen molar-refractivity contribution in [1.29, 1.82) is 0 Å². The van der Waals surface area contributed by atoms with Crippen molar-refractivity contribution in [2.45, 2.75) is 11.4 Å². The molecule has 0 aliphatic heterocycles. The maximum atomic E-state index is 12.4. The van der Waals surface area contributed by atoms with Gasteiger partial charge in [0.2, 0.25) is 10.0 Å². The molecule has 0 saturated heterocycles. The molecule has 0 radical (unpaired) electrons. The molecular formula is C19H20N2O4S. The van der Waals surface area contributed by atoms with Crippen LogP contribution in [-0.2, 0) is 21.3 Å². The van der Waals surface area contributed by atoms with Crippen LogP contribution in [0.5, 0.6) is 0 Å². The highest BCUT2D eigenvalue weighted by Crippen LogP contribution is 2.26. The normalized spacial score (nSPS) is 11.8. The molecule has 0 aliphatic carbocycles. The third kappa shape index (κ3) is 3.23. The van der Waals surface area contributed by atoms with E-state index in [0.29, 0.717) is 17.6 Å². The van der Waals surface area contributed by atoms with Crippen molar-refractivity contribution in [3.8, 4) is 0 Å². The molecule has 1 heterocycles. The van der Waals surface area contributed by atoms with Crippen molar-refractivity contribution >= 4 is 26.9 Å². The smallest absolute Gasteiger partial charge is 0.354 e. The van der Waals surface area contributed by atoms with Crippen molar-refractivity contribution in [3.63, 3.8) is 0 Å². The van der Waals surface area contributed by atoms with Gasteiger partial charge in [0, 0.05) is 31.5 Å². The number of fused-ring (bicyclic) bond motifs is 1. The zero-order chi connectivity index (χ0) is 18.9. The summed E-state index contributed by atoms with van der Waals surface area (Å²) < 4.78 is 32.6. The van der Waals surface area contributed by atoms with E-state index in [1.807, 2.05) is 34.9 Å². The Morgan fingerprint density at radius 1 is 1.08 bits per heavy atom. The van der Waals surface area contributed by atoms with E-state index < -0.39 is 16.0 Å². The first kappa shape index (κ1) is 18.2. The molecule has 0 bridgehead atoms. The number of benzene rings is 2. The van der Waals surface area contributed by atoms with Crippen LogP contribution in [0.15, 0.2) is 59.5 Å². The summed E-state index contributed by atoms with van der Waals surface area (Å²) in [7, 11) is 0.752. The Kier molecular flexibility index (Phi) is 4.84. The minimum atomic E-state index is -3.55. The Labute approximate surface area is 152 Å². The fraction of sp³-hybridized carbons (Fsp3) is 0.211. The van der Waals surface area contributed by atoms with Crippen molar-refractivity contribution in [2.75, 3.05) is 21.2 Å². The summed E-state index contributed by atoms with van der Waals surface area (Å²) in [5.74, 6) is -0.464. The average molecular weight is 372 g/mol. The quantitative estimate of drug-likeness (QED) is 0.646. The van der Waals surface area contributed by atoms with Crippen molar-refractivity contribution in [3.05, 3.63) is 65.9 Å². The molecule has 3 aromatic rings. The maximum Gasteiger partial charge on any atom is 0.354 e. The highest BCUT2D eigenvalue weighted by Gasteiger charge is 2.21. The first-order chi connectivity index (χ1) is 12.3. The second-order valence-corrected chi connectivity index (χ2v) is 8.25. The molecular weight excluding hydrogens is 352 g/mol. The Hall–Kier alpha value is -2.64. The Morgan fingerprint density at radius 2 is 1.77 bits per heavy atom. The lowest BCUT2D eigenvalue weighted by molar-refractivity contribution is 0.0589. The first-order valence-electron chi connectivity index (χ1n) is 8.02. The Bertz CT molecular complexity index is 1050. The minimum Gasteiger partial charge on any atom is -0.464 e. The number of nitrogens with zero attached hydrogens (tertiary/aromatic N) is 2. The molecule has 7 heteroatoms. The molecule has 0 N–H and O–H groups in total. The van der Waals surface area contributed by atoms with E-state index in [4.69, 9.17) is 4.74 Å². The lowest BCUT2D eigenvalue weighted by Gasteiger charge is -2.12. The second-order valence-electron chi connectivity index (χ2n) is 6.10. The fourth-order valence-corrected chi connectivity index (χ4v) is 3.77. The van der Waals surface area contributed by atoms with E-state index in [2.05, 4.69) is 0 Å². The third-order valence-electron chi connectivity index (χ3n) is 4.23. The minimum absolute atomic E-state index is 0.184. The summed E-state index contributed by atoms with van der Waals surface area (Å²) in [6.45, 7) is 0.481. The predicted molar refractivity (Wildman–Crippen MR) is 99.7 cm³/mol. The van der Waals surface area contributed by atoms with Crippen molar-refractivity contribution in [2.24, 2.45) is 0 Å². The average Bonchev–Trinajstić information content (AvgIpc) is 2.99. The van der Waals surface area contributed by atoms with E-state index in [1.54, 1.807) is 24.3 Å². The molecule has 0 amide bonds. The maximum absolute atomic E-state index is 12.4. The van der Waals surface area contributed by atoms with Gasteiger partial charge >= 0.3 is 5.97 Å². The zero-order valence-electron chi connectivity index (χ0n) is 14.8. The molecule has 136 valence electrons. The van der Waals surface area contributed by atoms with E-state index >= 15 is 0 Å². The van der Waals surface area contributed by atoms with Crippen LogP contribution in [-0.4, -0.2) is 44.5 Å². The molecule has 0 atom stereocenters. The number of hydrogen-bond acceptors (Lipinski definition) is 4. The van der Waals surface area contributed by atoms with Gasteiger partial charge in [-0.25, -0.2) is 17.5 Å². The van der Waals surface area contributed by atoms with Crippen molar-refractivity contribution < 1.29 is 17.9 Å². The molecule has 1 aromatic heterocycles. The van der Waals surface area contributed by atoms with Crippen LogP contribution in [0.4, 0.5) is 0 Å². The van der Waals surface area contributed by atoms with E-state index in [-0.39, 0.29) is 4.90 Å². The van der Waals surface area contributed by atoms with Gasteiger partial charge in [0.05, 0.1) is 12.0 Å². The van der Waals surface area contributed by atoms with Gasteiger partial charge in [0.15, 0.2) is 0 Å². The van der Waals surface area contributed by atoms with Crippen LogP contribution in [0.1, 0.15) is 16.1 Å². The van der Waals surface area contributed by atoms with E-state index in [1.165, 1.54) is 21.2 Å². The molecule has 2 aromatic carbocycles. The summed E-state index contributed by atoms with van der Waals surface area (Å²) in [5.41, 5.74) is 2.18. The number of carbonyl (C=O) groups is 1. The summed E-state index contributed by atoms with van der Waals surface area (Å²) in [6.07, 6.45) is 0. The highest BCUT2D eigenvalue weighted by atomic mass is 32.2. The van der Waals surface area contributed by atoms with Crippen LogP contribution < -0.4 is 0 Å². The number of sulfonamides is 1. The third-order valence-corrected chi connectivity index (χ3v) is 6.04. The van der Waals surface area contributed by atoms with Gasteiger partial charge in [-0.05, 0) is 29.8 Å². The van der Waals surface area contributed by atoms with Crippen LogP contribution >= 0.6 is 0 Å². The first-order valence-corrected chi connectivity index (χ1v) is 9.46. The highest BCUT2D eigenvalue weighted by molar-refractivity contribution is 7.89. The number of hydrogen-bond donors (Lipinski definition) is 0. The Morgan fingerprint density at radius 3 is 2.38 bits per heavy atom. The summed E-state index contributed by atoms with van der Waals surface area (Å²) in [4.78, 5) is 12.4. The van der Waals surface area contributed by atoms with Crippen LogP contribution in [0.25, 0.3) is 10.9 Å². The number of aromatic nitrogens is 1. The molecule has 0 saturated carbocycles. The van der Waals surface area contributed by atoms with E-state index in [0.717, 1.165) is 15.4 Å². The van der Waals surface area contributed by atoms with Gasteiger partial charge in [0.1, 0.15) is 5.69 Å². The fourth-order valence-electron chi connectivity index (χ4n) is 2.83. The monoisotopic (exact) mass is 372 g/mol. The number of ether oxygens (including phenoxy) is 1. The molecule has 26 heavy (non-hydrogen) atoms.